The van der Waals surface area contributed by atoms with Crippen molar-refractivity contribution in [2.24, 2.45) is 0 Å². The zero-order chi connectivity index (χ0) is 14.4. The van der Waals surface area contributed by atoms with E-state index in [0.29, 0.717) is 6.54 Å². The third-order valence-electron chi connectivity index (χ3n) is 2.69. The van der Waals surface area contributed by atoms with Gasteiger partial charge in [-0.3, -0.25) is 0 Å². The summed E-state index contributed by atoms with van der Waals surface area (Å²) < 4.78 is 27.7. The Bertz CT molecular complexity index is 463. The number of hydrogen-bond donors (Lipinski definition) is 1. The second-order valence-corrected chi connectivity index (χ2v) is 4.28. The second-order valence-electron chi connectivity index (χ2n) is 4.28. The average Bonchev–Trinajstić information content (AvgIpc) is 2.33. The fourth-order valence-electron chi connectivity index (χ4n) is 1.72. The molecule has 0 unspecified atom stereocenters. The summed E-state index contributed by atoms with van der Waals surface area (Å²) in [4.78, 5) is 11.9. The molecule has 0 aromatic heterocycles. The van der Waals surface area contributed by atoms with Gasteiger partial charge in [0, 0.05) is 19.7 Å². The topological polar surface area (TPSA) is 40.5 Å². The molecule has 0 bridgehead atoms. The molecule has 1 rings (SSSR count). The fraction of sp³-hybridized carbons (Fsp3) is 0.357. The smallest absolute Gasteiger partial charge is 0.328 e. The van der Waals surface area contributed by atoms with Crippen molar-refractivity contribution >= 4 is 17.7 Å². The highest BCUT2D eigenvalue weighted by Gasteiger charge is 2.14. The summed E-state index contributed by atoms with van der Waals surface area (Å²) in [6, 6.07) is 2.25. The summed E-state index contributed by atoms with van der Waals surface area (Å²) in [5.74, 6) is -2.54. The Hall–Kier alpha value is -1.91. The first-order valence-electron chi connectivity index (χ1n) is 6.07. The maximum atomic E-state index is 13.9. The molecule has 0 saturated heterocycles. The average molecular weight is 269 g/mol. The van der Waals surface area contributed by atoms with Crippen molar-refractivity contribution < 1.29 is 18.7 Å². The van der Waals surface area contributed by atoms with Crippen molar-refractivity contribution in [3.63, 3.8) is 0 Å². The molecule has 0 heterocycles. The van der Waals surface area contributed by atoms with E-state index in [2.05, 4.69) is 0 Å². The van der Waals surface area contributed by atoms with E-state index >= 15 is 0 Å². The molecule has 5 heteroatoms. The molecule has 0 radical (unpaired) electrons. The molecule has 19 heavy (non-hydrogen) atoms. The SMILES string of the molecule is CCCCN(C)c1c(F)cc(/C=C/C(=O)O)cc1F. The summed E-state index contributed by atoms with van der Waals surface area (Å²) in [5.41, 5.74) is 0.103. The molecular formula is C14H17F2NO2. The first-order chi connectivity index (χ1) is 8.95. The molecule has 1 aromatic carbocycles. The van der Waals surface area contributed by atoms with Crippen LogP contribution in [-0.4, -0.2) is 24.7 Å². The monoisotopic (exact) mass is 269 g/mol. The van der Waals surface area contributed by atoms with Gasteiger partial charge in [0.15, 0.2) is 0 Å². The van der Waals surface area contributed by atoms with Crippen LogP contribution < -0.4 is 4.90 Å². The van der Waals surface area contributed by atoms with Crippen molar-refractivity contribution in [2.75, 3.05) is 18.5 Å². The molecule has 1 aromatic rings. The Morgan fingerprint density at radius 1 is 1.37 bits per heavy atom. The van der Waals surface area contributed by atoms with E-state index < -0.39 is 17.6 Å². The summed E-state index contributed by atoms with van der Waals surface area (Å²) in [5, 5.41) is 8.47. The third kappa shape index (κ3) is 4.35. The van der Waals surface area contributed by atoms with Crippen LogP contribution in [0.25, 0.3) is 6.08 Å². The van der Waals surface area contributed by atoms with Gasteiger partial charge in [0.2, 0.25) is 0 Å². The van der Waals surface area contributed by atoms with Crippen molar-refractivity contribution in [1.82, 2.24) is 0 Å². The second kappa shape index (κ2) is 6.87. The van der Waals surface area contributed by atoms with Gasteiger partial charge in [-0.2, -0.15) is 0 Å². The molecule has 3 nitrogen and oxygen atoms in total. The fourth-order valence-corrected chi connectivity index (χ4v) is 1.72. The summed E-state index contributed by atoms with van der Waals surface area (Å²) in [7, 11) is 1.63. The van der Waals surface area contributed by atoms with Gasteiger partial charge in [-0.15, -0.1) is 0 Å². The zero-order valence-corrected chi connectivity index (χ0v) is 11.0. The number of nitrogens with zero attached hydrogens (tertiary/aromatic N) is 1. The minimum atomic E-state index is -1.16. The molecule has 104 valence electrons. The molecule has 0 amide bonds. The molecule has 0 saturated carbocycles. The Labute approximate surface area is 111 Å². The van der Waals surface area contributed by atoms with Crippen molar-refractivity contribution in [2.45, 2.75) is 19.8 Å². The summed E-state index contributed by atoms with van der Waals surface area (Å²) in [6.07, 6.45) is 3.78. The van der Waals surface area contributed by atoms with Crippen LogP contribution >= 0.6 is 0 Å². The van der Waals surface area contributed by atoms with Crippen molar-refractivity contribution in [3.8, 4) is 0 Å². The quantitative estimate of drug-likeness (QED) is 0.805. The van der Waals surface area contributed by atoms with Crippen molar-refractivity contribution in [1.29, 1.82) is 0 Å². The van der Waals surface area contributed by atoms with Crippen LogP contribution in [0.15, 0.2) is 18.2 Å². The van der Waals surface area contributed by atoms with Gasteiger partial charge < -0.3 is 10.0 Å². The number of rotatable bonds is 6. The molecule has 0 spiro atoms. The standard InChI is InChI=1S/C14H17F2NO2/c1-3-4-7-17(2)14-11(15)8-10(9-12(14)16)5-6-13(18)19/h5-6,8-9H,3-4,7H2,1-2H3,(H,18,19)/b6-5+. The van der Waals surface area contributed by atoms with Gasteiger partial charge in [0.1, 0.15) is 17.3 Å². The minimum Gasteiger partial charge on any atom is -0.478 e. The van der Waals surface area contributed by atoms with E-state index in [-0.39, 0.29) is 11.3 Å². The van der Waals surface area contributed by atoms with Gasteiger partial charge in [0.05, 0.1) is 0 Å². The lowest BCUT2D eigenvalue weighted by Crippen LogP contribution is -2.21. The number of unbranched alkanes of at least 4 members (excludes halogenated alkanes) is 1. The molecule has 1 N–H and O–H groups in total. The van der Waals surface area contributed by atoms with E-state index in [0.717, 1.165) is 37.1 Å². The molecule has 0 aliphatic carbocycles. The van der Waals surface area contributed by atoms with Gasteiger partial charge in [0.25, 0.3) is 0 Å². The van der Waals surface area contributed by atoms with Gasteiger partial charge >= 0.3 is 5.97 Å². The van der Waals surface area contributed by atoms with E-state index in [1.54, 1.807) is 7.05 Å². The lowest BCUT2D eigenvalue weighted by Gasteiger charge is -2.20. The first kappa shape index (κ1) is 15.1. The first-order valence-corrected chi connectivity index (χ1v) is 6.07. The summed E-state index contributed by atoms with van der Waals surface area (Å²) >= 11 is 0. The molecule has 0 atom stereocenters. The number of benzene rings is 1. The number of carboxylic acids is 1. The molecular weight excluding hydrogens is 252 g/mol. The largest absolute Gasteiger partial charge is 0.478 e. The normalized spacial score (nSPS) is 10.9. The highest BCUT2D eigenvalue weighted by Crippen LogP contribution is 2.25. The number of anilines is 1. The van der Waals surface area contributed by atoms with Gasteiger partial charge in [-0.1, -0.05) is 13.3 Å². The predicted octanol–water partition coefficient (Wildman–Crippen LogP) is 3.30. The maximum Gasteiger partial charge on any atom is 0.328 e. The number of aliphatic carboxylic acids is 1. The Balaban J connectivity index is 3.00. The van der Waals surface area contributed by atoms with Crippen molar-refractivity contribution in [3.05, 3.63) is 35.4 Å². The molecule has 0 aliphatic heterocycles. The molecule has 0 fully saturated rings. The van der Waals surface area contributed by atoms with E-state index in [4.69, 9.17) is 5.11 Å². The van der Waals surface area contributed by atoms with Crippen LogP contribution in [0.5, 0.6) is 0 Å². The number of hydrogen-bond acceptors (Lipinski definition) is 2. The van der Waals surface area contributed by atoms with E-state index in [1.807, 2.05) is 6.92 Å². The van der Waals surface area contributed by atoms with E-state index in [9.17, 15) is 13.6 Å². The van der Waals surface area contributed by atoms with Crippen LogP contribution in [0, 0.1) is 11.6 Å². The predicted molar refractivity (Wildman–Crippen MR) is 71.2 cm³/mol. The highest BCUT2D eigenvalue weighted by atomic mass is 19.1. The zero-order valence-electron chi connectivity index (χ0n) is 11.0. The Morgan fingerprint density at radius 3 is 2.42 bits per heavy atom. The molecule has 0 aliphatic rings. The minimum absolute atomic E-state index is 0.0825. The lowest BCUT2D eigenvalue weighted by atomic mass is 10.1. The Morgan fingerprint density at radius 2 is 1.95 bits per heavy atom. The highest BCUT2D eigenvalue weighted by molar-refractivity contribution is 5.85. The van der Waals surface area contributed by atoms with Gasteiger partial charge in [-0.25, -0.2) is 13.6 Å². The van der Waals surface area contributed by atoms with Crippen LogP contribution in [0.3, 0.4) is 0 Å². The van der Waals surface area contributed by atoms with Crippen LogP contribution in [0.1, 0.15) is 25.3 Å². The number of carbonyl (C=O) groups is 1. The van der Waals surface area contributed by atoms with Crippen LogP contribution in [0.4, 0.5) is 14.5 Å². The van der Waals surface area contributed by atoms with Gasteiger partial charge in [-0.05, 0) is 30.2 Å². The van der Waals surface area contributed by atoms with E-state index in [1.165, 1.54) is 4.90 Å². The van der Waals surface area contributed by atoms with Crippen LogP contribution in [0.2, 0.25) is 0 Å². The van der Waals surface area contributed by atoms with Crippen LogP contribution in [-0.2, 0) is 4.79 Å². The third-order valence-corrected chi connectivity index (χ3v) is 2.69. The number of carboxylic acid groups (broad SMARTS) is 1. The number of halogens is 2. The Kier molecular flexibility index (Phi) is 5.48. The lowest BCUT2D eigenvalue weighted by molar-refractivity contribution is -0.131. The maximum absolute atomic E-state index is 13.9. The summed E-state index contributed by atoms with van der Waals surface area (Å²) in [6.45, 7) is 2.56.